The molecule has 108 valence electrons. The highest BCUT2D eigenvalue weighted by Gasteiger charge is 2.13. The first-order valence-corrected chi connectivity index (χ1v) is 7.14. The number of hydrogen-bond donors (Lipinski definition) is 2. The quantitative estimate of drug-likeness (QED) is 0.877. The molecule has 1 aliphatic rings. The molecule has 3 rings (SSSR count). The van der Waals surface area contributed by atoms with E-state index in [2.05, 4.69) is 10.6 Å². The van der Waals surface area contributed by atoms with E-state index in [0.717, 1.165) is 31.1 Å². The normalized spacial score (nSPS) is 13.2. The second-order valence-corrected chi connectivity index (χ2v) is 5.39. The first-order chi connectivity index (χ1) is 10.1. The summed E-state index contributed by atoms with van der Waals surface area (Å²) in [5.41, 5.74) is 3.24. The van der Waals surface area contributed by atoms with E-state index in [4.69, 9.17) is 11.6 Å². The summed E-state index contributed by atoms with van der Waals surface area (Å²) in [5.74, 6) is -0.815. The molecule has 1 heterocycles. The number of halogens is 2. The molecule has 0 unspecified atom stereocenters. The standard InChI is InChI=1S/C16H14ClFN2O/c17-14-8-11(18)4-6-13(14)16(21)20-12-5-3-10-2-1-7-19-15(10)9-12/h3-6,8-9,19H,1-2,7H2,(H,20,21). The van der Waals surface area contributed by atoms with Crippen LogP contribution in [0, 0.1) is 5.82 Å². The number of aryl methyl sites for hydroxylation is 1. The molecule has 2 aromatic carbocycles. The van der Waals surface area contributed by atoms with Crippen molar-refractivity contribution in [2.45, 2.75) is 12.8 Å². The van der Waals surface area contributed by atoms with E-state index in [9.17, 15) is 9.18 Å². The Morgan fingerprint density at radius 1 is 1.24 bits per heavy atom. The van der Waals surface area contributed by atoms with Crippen LogP contribution in [0.15, 0.2) is 36.4 Å². The molecule has 2 N–H and O–H groups in total. The summed E-state index contributed by atoms with van der Waals surface area (Å²) in [7, 11) is 0. The van der Waals surface area contributed by atoms with Crippen molar-refractivity contribution >= 4 is 28.9 Å². The first-order valence-electron chi connectivity index (χ1n) is 6.77. The minimum Gasteiger partial charge on any atom is -0.385 e. The van der Waals surface area contributed by atoms with Gasteiger partial charge in [0.15, 0.2) is 0 Å². The monoisotopic (exact) mass is 304 g/mol. The number of carbonyl (C=O) groups excluding carboxylic acids is 1. The van der Waals surface area contributed by atoms with Gasteiger partial charge in [0.05, 0.1) is 10.6 Å². The summed E-state index contributed by atoms with van der Waals surface area (Å²) in [6.07, 6.45) is 2.16. The smallest absolute Gasteiger partial charge is 0.257 e. The van der Waals surface area contributed by atoms with Crippen molar-refractivity contribution in [1.29, 1.82) is 0 Å². The third kappa shape index (κ3) is 3.00. The Labute approximate surface area is 127 Å². The molecule has 0 aliphatic carbocycles. The summed E-state index contributed by atoms with van der Waals surface area (Å²) in [5, 5.41) is 6.19. The van der Waals surface area contributed by atoms with Crippen molar-refractivity contribution in [3.63, 3.8) is 0 Å². The number of amides is 1. The fourth-order valence-electron chi connectivity index (χ4n) is 2.41. The predicted octanol–water partition coefficient (Wildman–Crippen LogP) is 4.09. The van der Waals surface area contributed by atoms with Crippen LogP contribution in [0.4, 0.5) is 15.8 Å². The SMILES string of the molecule is O=C(Nc1ccc2c(c1)NCCC2)c1ccc(F)cc1Cl. The van der Waals surface area contributed by atoms with Gasteiger partial charge in [-0.3, -0.25) is 4.79 Å². The van der Waals surface area contributed by atoms with Crippen molar-refractivity contribution in [2.24, 2.45) is 0 Å². The van der Waals surface area contributed by atoms with Gasteiger partial charge in [-0.2, -0.15) is 0 Å². The second-order valence-electron chi connectivity index (χ2n) is 4.98. The van der Waals surface area contributed by atoms with Crippen LogP contribution in [-0.2, 0) is 6.42 Å². The molecule has 0 aromatic heterocycles. The fraction of sp³-hybridized carbons (Fsp3) is 0.188. The molecule has 5 heteroatoms. The molecule has 3 nitrogen and oxygen atoms in total. The number of carbonyl (C=O) groups is 1. The topological polar surface area (TPSA) is 41.1 Å². The van der Waals surface area contributed by atoms with E-state index in [1.54, 1.807) is 0 Å². The van der Waals surface area contributed by atoms with E-state index in [-0.39, 0.29) is 16.5 Å². The van der Waals surface area contributed by atoms with Gasteiger partial charge in [-0.15, -0.1) is 0 Å². The number of hydrogen-bond acceptors (Lipinski definition) is 2. The van der Waals surface area contributed by atoms with Gasteiger partial charge in [-0.1, -0.05) is 17.7 Å². The molecule has 0 atom stereocenters. The third-order valence-electron chi connectivity index (χ3n) is 3.48. The Bertz CT molecular complexity index is 703. The average molecular weight is 305 g/mol. The lowest BCUT2D eigenvalue weighted by molar-refractivity contribution is 0.102. The van der Waals surface area contributed by atoms with Crippen LogP contribution in [0.3, 0.4) is 0 Å². The van der Waals surface area contributed by atoms with Gasteiger partial charge < -0.3 is 10.6 Å². The Morgan fingerprint density at radius 3 is 2.90 bits per heavy atom. The summed E-state index contributed by atoms with van der Waals surface area (Å²) in [6, 6.07) is 9.50. The van der Waals surface area contributed by atoms with E-state index in [0.29, 0.717) is 5.69 Å². The highest BCUT2D eigenvalue weighted by atomic mass is 35.5. The molecule has 1 aliphatic heterocycles. The fourth-order valence-corrected chi connectivity index (χ4v) is 2.66. The van der Waals surface area contributed by atoms with E-state index in [1.807, 2.05) is 18.2 Å². The van der Waals surface area contributed by atoms with Gasteiger partial charge in [0.1, 0.15) is 5.82 Å². The van der Waals surface area contributed by atoms with Gasteiger partial charge in [-0.25, -0.2) is 4.39 Å². The maximum absolute atomic E-state index is 13.0. The Kier molecular flexibility index (Phi) is 3.80. The molecule has 21 heavy (non-hydrogen) atoms. The van der Waals surface area contributed by atoms with Crippen molar-refractivity contribution in [1.82, 2.24) is 0 Å². The average Bonchev–Trinajstić information content (AvgIpc) is 2.47. The second kappa shape index (κ2) is 5.74. The lowest BCUT2D eigenvalue weighted by Crippen LogP contribution is -2.15. The predicted molar refractivity (Wildman–Crippen MR) is 82.6 cm³/mol. The van der Waals surface area contributed by atoms with Crippen molar-refractivity contribution in [3.8, 4) is 0 Å². The highest BCUT2D eigenvalue weighted by Crippen LogP contribution is 2.26. The van der Waals surface area contributed by atoms with Gasteiger partial charge >= 0.3 is 0 Å². The summed E-state index contributed by atoms with van der Waals surface area (Å²) >= 11 is 5.89. The molecule has 0 bridgehead atoms. The summed E-state index contributed by atoms with van der Waals surface area (Å²) in [4.78, 5) is 12.2. The van der Waals surface area contributed by atoms with Gasteiger partial charge in [0.2, 0.25) is 0 Å². The van der Waals surface area contributed by atoms with E-state index in [1.165, 1.54) is 17.7 Å². The molecular formula is C16H14ClFN2O. The minimum absolute atomic E-state index is 0.101. The van der Waals surface area contributed by atoms with Crippen LogP contribution >= 0.6 is 11.6 Å². The van der Waals surface area contributed by atoms with Crippen LogP contribution in [-0.4, -0.2) is 12.5 Å². The highest BCUT2D eigenvalue weighted by molar-refractivity contribution is 6.34. The summed E-state index contributed by atoms with van der Waals surface area (Å²) in [6.45, 7) is 0.939. The van der Waals surface area contributed by atoms with Crippen LogP contribution in [0.2, 0.25) is 5.02 Å². The number of rotatable bonds is 2. The minimum atomic E-state index is -0.463. The van der Waals surface area contributed by atoms with Crippen LogP contribution in [0.25, 0.3) is 0 Å². The number of anilines is 2. The zero-order chi connectivity index (χ0) is 14.8. The third-order valence-corrected chi connectivity index (χ3v) is 3.79. The van der Waals surface area contributed by atoms with Gasteiger partial charge in [-0.05, 0) is 48.7 Å². The number of fused-ring (bicyclic) bond motifs is 1. The first kappa shape index (κ1) is 13.9. The lowest BCUT2D eigenvalue weighted by atomic mass is 10.0. The molecule has 0 radical (unpaired) electrons. The largest absolute Gasteiger partial charge is 0.385 e. The molecule has 0 saturated carbocycles. The Morgan fingerprint density at radius 2 is 2.10 bits per heavy atom. The Balaban J connectivity index is 1.81. The molecular weight excluding hydrogens is 291 g/mol. The maximum Gasteiger partial charge on any atom is 0.257 e. The van der Waals surface area contributed by atoms with Crippen LogP contribution in [0.1, 0.15) is 22.3 Å². The summed E-state index contributed by atoms with van der Waals surface area (Å²) < 4.78 is 13.0. The lowest BCUT2D eigenvalue weighted by Gasteiger charge is -2.19. The molecule has 0 fully saturated rings. The zero-order valence-corrected chi connectivity index (χ0v) is 12.0. The van der Waals surface area contributed by atoms with Crippen molar-refractivity contribution in [2.75, 3.05) is 17.2 Å². The van der Waals surface area contributed by atoms with Gasteiger partial charge in [0, 0.05) is 17.9 Å². The molecule has 0 spiro atoms. The molecule has 1 amide bonds. The van der Waals surface area contributed by atoms with E-state index < -0.39 is 5.82 Å². The maximum atomic E-state index is 13.0. The number of nitrogens with one attached hydrogen (secondary N) is 2. The molecule has 0 saturated heterocycles. The zero-order valence-electron chi connectivity index (χ0n) is 11.2. The van der Waals surface area contributed by atoms with Crippen LogP contribution in [0.5, 0.6) is 0 Å². The van der Waals surface area contributed by atoms with Crippen molar-refractivity contribution in [3.05, 3.63) is 58.4 Å². The van der Waals surface area contributed by atoms with E-state index >= 15 is 0 Å². The van der Waals surface area contributed by atoms with Crippen LogP contribution < -0.4 is 10.6 Å². The van der Waals surface area contributed by atoms with Crippen molar-refractivity contribution < 1.29 is 9.18 Å². The number of benzene rings is 2. The van der Waals surface area contributed by atoms with Gasteiger partial charge in [0.25, 0.3) is 5.91 Å². The Hall–Kier alpha value is -2.07. The molecule has 2 aromatic rings.